The van der Waals surface area contributed by atoms with Crippen molar-refractivity contribution in [3.05, 3.63) is 0 Å². The van der Waals surface area contributed by atoms with E-state index in [1.54, 1.807) is 0 Å². The van der Waals surface area contributed by atoms with E-state index in [1.807, 2.05) is 0 Å². The molecule has 0 rings (SSSR count). The molecule has 0 aliphatic rings. The minimum absolute atomic E-state index is 0. The Kier molecular flexibility index (Phi) is 24.3. The van der Waals surface area contributed by atoms with Crippen LogP contribution in [-0.2, 0) is 4.57 Å². The number of hydrogen-bond donors (Lipinski definition) is 1. The molecule has 0 aliphatic heterocycles. The van der Waals surface area contributed by atoms with Crippen LogP contribution in [-0.4, -0.2) is 10.4 Å². The maximum atomic E-state index is 8.59. The second-order valence-corrected chi connectivity index (χ2v) is 0.714. The van der Waals surface area contributed by atoms with E-state index in [2.05, 4.69) is 0 Å². The summed E-state index contributed by atoms with van der Waals surface area (Å²) in [4.78, 5) is 15.6. The molecule has 6 heavy (non-hydrogen) atoms. The van der Waals surface area contributed by atoms with Crippen LogP contribution in [0.15, 0.2) is 0 Å². The quantitative estimate of drug-likeness (QED) is 0.248. The van der Waals surface area contributed by atoms with Crippen molar-refractivity contribution >= 4 is 8.25 Å². The molecular formula is H4LiO4P. The molecule has 34 valence electrons. The third kappa shape index (κ3) is 176. The van der Waals surface area contributed by atoms with Crippen LogP contribution in [0.4, 0.5) is 0 Å². The molecule has 0 spiro atoms. The smallest absolute Gasteiger partial charge is 1.00 e. The van der Waals surface area contributed by atoms with Gasteiger partial charge in [0.05, 0.1) is 0 Å². The van der Waals surface area contributed by atoms with Gasteiger partial charge in [0, 0.05) is 0 Å². The van der Waals surface area contributed by atoms with Gasteiger partial charge in [0.25, 0.3) is 0 Å². The molecule has 0 saturated carbocycles. The summed E-state index contributed by atoms with van der Waals surface area (Å²) < 4.78 is 8.59. The summed E-state index contributed by atoms with van der Waals surface area (Å²) in [5.74, 6) is 0. The second kappa shape index (κ2) is 9.13. The van der Waals surface area contributed by atoms with E-state index in [4.69, 9.17) is 14.4 Å². The van der Waals surface area contributed by atoms with Gasteiger partial charge in [-0.05, 0) is 4.57 Å². The molecule has 1 unspecified atom stereocenters. The Labute approximate surface area is 49.1 Å². The van der Waals surface area contributed by atoms with E-state index < -0.39 is 8.25 Å². The van der Waals surface area contributed by atoms with Gasteiger partial charge in [-0.2, -0.15) is 4.89 Å². The largest absolute Gasteiger partial charge is 1.00 e. The second-order valence-electron chi connectivity index (χ2n) is 0.238. The van der Waals surface area contributed by atoms with Gasteiger partial charge in [0.2, 0.25) is 0 Å². The molecule has 1 atom stereocenters. The van der Waals surface area contributed by atoms with Crippen LogP contribution in [0.25, 0.3) is 0 Å². The average molecular weight is 106 g/mol. The molecule has 0 heterocycles. The van der Waals surface area contributed by atoms with E-state index in [-0.39, 0.29) is 25.8 Å². The predicted molar refractivity (Wildman–Crippen MR) is 14.6 cm³/mol. The molecular weight excluding hydrogens is 102 g/mol. The molecule has 0 saturated heterocycles. The average Bonchev–Trinajstić information content (AvgIpc) is 0.811. The standard InChI is InChI=1S/Li.HO3P.H2O.H/c;1-4(2)3;;/h;(H,1,2,3);1H2;/q+1;;;-1. The molecule has 4 nitrogen and oxygen atoms in total. The van der Waals surface area contributed by atoms with Gasteiger partial charge >= 0.3 is 27.1 Å². The molecule has 6 heteroatoms. The maximum absolute atomic E-state index is 8.59. The van der Waals surface area contributed by atoms with Gasteiger partial charge in [-0.25, -0.2) is 0 Å². The molecule has 3 N–H and O–H groups in total. The fourth-order valence-electron chi connectivity index (χ4n) is 0. The fourth-order valence-corrected chi connectivity index (χ4v) is 0. The Morgan fingerprint density at radius 3 is 1.83 bits per heavy atom. The van der Waals surface area contributed by atoms with Gasteiger partial charge < -0.3 is 11.8 Å². The molecule has 0 aliphatic carbocycles. The van der Waals surface area contributed by atoms with E-state index in [9.17, 15) is 0 Å². The van der Waals surface area contributed by atoms with E-state index >= 15 is 0 Å². The maximum Gasteiger partial charge on any atom is 1.00 e. The molecule has 0 fully saturated rings. The summed E-state index contributed by atoms with van der Waals surface area (Å²) in [6, 6.07) is 0. The summed E-state index contributed by atoms with van der Waals surface area (Å²) in [5.41, 5.74) is 0. The molecule has 0 amide bonds. The summed E-state index contributed by atoms with van der Waals surface area (Å²) in [6.45, 7) is 0. The van der Waals surface area contributed by atoms with Crippen molar-refractivity contribution in [2.24, 2.45) is 0 Å². The fraction of sp³-hybridized carbons (Fsp3) is 0. The van der Waals surface area contributed by atoms with Crippen molar-refractivity contribution in [2.45, 2.75) is 0 Å². The molecule has 0 radical (unpaired) electrons. The van der Waals surface area contributed by atoms with Gasteiger partial charge in [-0.3, -0.25) is 0 Å². The van der Waals surface area contributed by atoms with Gasteiger partial charge in [0.1, 0.15) is 0 Å². The third-order valence-electron chi connectivity index (χ3n) is 0. The van der Waals surface area contributed by atoms with Crippen LogP contribution in [0.2, 0.25) is 0 Å². The zero-order chi connectivity index (χ0) is 3.58. The molecule has 0 aromatic heterocycles. The van der Waals surface area contributed by atoms with Crippen molar-refractivity contribution in [3.8, 4) is 0 Å². The van der Waals surface area contributed by atoms with Crippen molar-refractivity contribution in [3.63, 3.8) is 0 Å². The van der Waals surface area contributed by atoms with Crippen LogP contribution in [0, 0.1) is 0 Å². The van der Waals surface area contributed by atoms with Crippen molar-refractivity contribution in [1.82, 2.24) is 0 Å². The summed E-state index contributed by atoms with van der Waals surface area (Å²) in [5, 5.41) is 0. The molecule has 0 aromatic rings. The van der Waals surface area contributed by atoms with Crippen LogP contribution in [0.5, 0.6) is 0 Å². The SMILES string of the molecule is O.O=[P+]([O-])O.[H-].[Li+]. The zero-order valence-electron chi connectivity index (χ0n) is 4.21. The van der Waals surface area contributed by atoms with Crippen LogP contribution in [0.1, 0.15) is 1.43 Å². The summed E-state index contributed by atoms with van der Waals surface area (Å²) in [7, 11) is -3.12. The van der Waals surface area contributed by atoms with Crippen LogP contribution >= 0.6 is 8.25 Å². The first-order chi connectivity index (χ1) is 1.73. The Bertz CT molecular complexity index is 34.7. The first-order valence-electron chi connectivity index (χ1n) is 0.565. The van der Waals surface area contributed by atoms with Crippen molar-refractivity contribution in [2.75, 3.05) is 0 Å². The normalized spacial score (nSPS) is 7.33. The predicted octanol–water partition coefficient (Wildman–Crippen LogP) is -4.71. The number of hydrogen-bond acceptors (Lipinski definition) is 2. The summed E-state index contributed by atoms with van der Waals surface area (Å²) in [6.07, 6.45) is 0. The minimum Gasteiger partial charge on any atom is -1.00 e. The van der Waals surface area contributed by atoms with E-state index in [0.29, 0.717) is 0 Å². The van der Waals surface area contributed by atoms with Crippen LogP contribution < -0.4 is 23.8 Å². The van der Waals surface area contributed by atoms with E-state index in [0.717, 1.165) is 0 Å². The minimum atomic E-state index is -3.12. The zero-order valence-corrected chi connectivity index (χ0v) is 4.11. The summed E-state index contributed by atoms with van der Waals surface area (Å²) >= 11 is 0. The van der Waals surface area contributed by atoms with Gasteiger partial charge in [0.15, 0.2) is 0 Å². The van der Waals surface area contributed by atoms with Crippen molar-refractivity contribution < 1.29 is 40.1 Å². The molecule has 0 aromatic carbocycles. The Hall–Kier alpha value is 0.577. The first kappa shape index (κ1) is 16.0. The number of rotatable bonds is 0. The van der Waals surface area contributed by atoms with Crippen LogP contribution in [0.3, 0.4) is 0 Å². The van der Waals surface area contributed by atoms with Gasteiger partial charge in [-0.1, -0.05) is 0 Å². The van der Waals surface area contributed by atoms with Gasteiger partial charge in [-0.15, -0.1) is 0 Å². The van der Waals surface area contributed by atoms with Crippen molar-refractivity contribution in [1.29, 1.82) is 0 Å². The first-order valence-corrected chi connectivity index (χ1v) is 1.70. The monoisotopic (exact) mass is 106 g/mol. The Morgan fingerprint density at radius 2 is 1.83 bits per heavy atom. The molecule has 0 bridgehead atoms. The Morgan fingerprint density at radius 1 is 1.83 bits per heavy atom. The van der Waals surface area contributed by atoms with E-state index in [1.165, 1.54) is 0 Å². The third-order valence-corrected chi connectivity index (χ3v) is 0. The Balaban J connectivity index is -0.0000000150. The topological polar surface area (TPSA) is 91.9 Å².